The summed E-state index contributed by atoms with van der Waals surface area (Å²) in [6, 6.07) is 5.02. The minimum absolute atomic E-state index is 0. The number of benzene rings is 1. The number of hydrogen-bond acceptors (Lipinski definition) is 1. The summed E-state index contributed by atoms with van der Waals surface area (Å²) in [5.74, 6) is 0. The van der Waals surface area contributed by atoms with Crippen molar-refractivity contribution >= 4 is 44.3 Å². The monoisotopic (exact) mass is 405 g/mol. The summed E-state index contributed by atoms with van der Waals surface area (Å²) in [5, 5.41) is 3.69. The first-order valence-electron chi connectivity index (χ1n) is 6.12. The van der Waals surface area contributed by atoms with Crippen molar-refractivity contribution in [1.29, 1.82) is 0 Å². The van der Waals surface area contributed by atoms with Gasteiger partial charge in [-0.1, -0.05) is 44.0 Å². The summed E-state index contributed by atoms with van der Waals surface area (Å²) in [4.78, 5) is 0. The van der Waals surface area contributed by atoms with Crippen molar-refractivity contribution in [2.24, 2.45) is 0 Å². The predicted octanol–water partition coefficient (Wildman–Crippen LogP) is 5.34. The lowest BCUT2D eigenvalue weighted by molar-refractivity contribution is 0.403. The van der Waals surface area contributed by atoms with Gasteiger partial charge in [-0.05, 0) is 42.5 Å². The zero-order valence-electron chi connectivity index (χ0n) is 10.7. The molecule has 1 heterocycles. The van der Waals surface area contributed by atoms with Crippen molar-refractivity contribution in [3.63, 3.8) is 0 Å². The fraction of sp³-hybridized carbons (Fsp3) is 0.333. The van der Waals surface area contributed by atoms with Gasteiger partial charge in [-0.3, -0.25) is 0 Å². The van der Waals surface area contributed by atoms with Gasteiger partial charge in [0.05, 0.1) is 0 Å². The van der Waals surface area contributed by atoms with Crippen LogP contribution in [0.4, 0.5) is 0 Å². The molecule has 1 nitrogen and oxygen atoms in total. The summed E-state index contributed by atoms with van der Waals surface area (Å²) in [5.41, 5.74) is 2.77. The molecular weight excluding hydrogens is 389 g/mol. The molecule has 2 rings (SSSR count). The Morgan fingerprint density at radius 2 is 1.79 bits per heavy atom. The van der Waals surface area contributed by atoms with E-state index in [2.05, 4.69) is 62.5 Å². The first kappa shape index (κ1) is 17.0. The molecule has 0 bridgehead atoms. The Morgan fingerprint density at radius 3 is 2.42 bits per heavy atom. The van der Waals surface area contributed by atoms with Crippen molar-refractivity contribution in [2.45, 2.75) is 31.3 Å². The summed E-state index contributed by atoms with van der Waals surface area (Å²) in [7, 11) is 0. The summed E-state index contributed by atoms with van der Waals surface area (Å²) >= 11 is 7.34. The van der Waals surface area contributed by atoms with Gasteiger partial charge in [0, 0.05) is 21.0 Å². The van der Waals surface area contributed by atoms with Crippen LogP contribution in [0.3, 0.4) is 0 Å². The molecule has 0 aromatic heterocycles. The maximum absolute atomic E-state index is 3.86. The Bertz CT molecular complexity index is 473. The molecule has 0 saturated carbocycles. The lowest BCUT2D eigenvalue weighted by Crippen LogP contribution is -2.39. The minimum Gasteiger partial charge on any atom is -0.306 e. The van der Waals surface area contributed by atoms with Crippen LogP contribution >= 0.6 is 44.3 Å². The Morgan fingerprint density at radius 1 is 1.16 bits per heavy atom. The van der Waals surface area contributed by atoms with Gasteiger partial charge in [0.1, 0.15) is 0 Å². The minimum atomic E-state index is 0. The van der Waals surface area contributed by atoms with Crippen molar-refractivity contribution in [3.8, 4) is 0 Å². The highest BCUT2D eigenvalue weighted by Gasteiger charge is 2.27. The normalized spacial score (nSPS) is 21.2. The average Bonchev–Trinajstić information content (AvgIpc) is 2.34. The van der Waals surface area contributed by atoms with Crippen molar-refractivity contribution in [3.05, 3.63) is 57.5 Å². The zero-order chi connectivity index (χ0) is 13.1. The molecule has 0 fully saturated rings. The summed E-state index contributed by atoms with van der Waals surface area (Å²) < 4.78 is 2.38. The van der Waals surface area contributed by atoms with E-state index in [0.717, 1.165) is 19.3 Å². The van der Waals surface area contributed by atoms with Crippen LogP contribution in [-0.2, 0) is 6.42 Å². The molecule has 0 saturated heterocycles. The molecule has 4 heteroatoms. The molecule has 1 aliphatic heterocycles. The molecule has 104 valence electrons. The Kier molecular flexibility index (Phi) is 6.81. The van der Waals surface area contributed by atoms with E-state index in [1.54, 1.807) is 0 Å². The Balaban J connectivity index is 0.00000180. The third kappa shape index (κ3) is 3.72. The maximum Gasteiger partial charge on any atom is 0.0371 e. The smallest absolute Gasteiger partial charge is 0.0371 e. The van der Waals surface area contributed by atoms with E-state index in [1.807, 2.05) is 12.2 Å². The van der Waals surface area contributed by atoms with Crippen LogP contribution in [0.5, 0.6) is 0 Å². The standard InChI is InChI=1S/C15H17Br2N.ClH/c1-3-5-10-9-11-12(16)7-8-13(17)15(11)14(18-10)6-4-2;/h3-4,7-8,10,14,18H,1-2,5-6,9H2;1H/t10-,14-;/m0./s1. The van der Waals surface area contributed by atoms with E-state index in [0.29, 0.717) is 12.1 Å². The Hall–Kier alpha value is -0.0900. The molecule has 1 N–H and O–H groups in total. The topological polar surface area (TPSA) is 12.0 Å². The second-order valence-electron chi connectivity index (χ2n) is 4.59. The van der Waals surface area contributed by atoms with E-state index in [9.17, 15) is 0 Å². The lowest BCUT2D eigenvalue weighted by atomic mass is 9.87. The Labute approximate surface area is 138 Å². The molecule has 0 aliphatic carbocycles. The second-order valence-corrected chi connectivity index (χ2v) is 6.30. The van der Waals surface area contributed by atoms with Crippen LogP contribution in [0.1, 0.15) is 30.0 Å². The van der Waals surface area contributed by atoms with Crippen LogP contribution in [-0.4, -0.2) is 6.04 Å². The SMILES string of the molecule is C=CC[C@H]1Cc2c(Br)ccc(Br)c2[C@H](CC=C)N1.Cl. The van der Waals surface area contributed by atoms with Gasteiger partial charge in [-0.2, -0.15) is 0 Å². The average molecular weight is 408 g/mol. The fourth-order valence-electron chi connectivity index (χ4n) is 2.57. The number of hydrogen-bond donors (Lipinski definition) is 1. The molecule has 0 unspecified atom stereocenters. The molecule has 2 atom stereocenters. The van der Waals surface area contributed by atoms with Crippen LogP contribution in [0, 0.1) is 0 Å². The van der Waals surface area contributed by atoms with E-state index >= 15 is 0 Å². The highest BCUT2D eigenvalue weighted by Crippen LogP contribution is 2.38. The van der Waals surface area contributed by atoms with E-state index in [1.165, 1.54) is 20.1 Å². The maximum atomic E-state index is 3.86. The molecule has 1 aromatic carbocycles. The highest BCUT2D eigenvalue weighted by molar-refractivity contribution is 9.11. The van der Waals surface area contributed by atoms with Gasteiger partial charge in [0.15, 0.2) is 0 Å². The number of nitrogens with one attached hydrogen (secondary N) is 1. The van der Waals surface area contributed by atoms with Crippen LogP contribution in [0.15, 0.2) is 46.4 Å². The number of rotatable bonds is 4. The highest BCUT2D eigenvalue weighted by atomic mass is 79.9. The summed E-state index contributed by atoms with van der Waals surface area (Å²) in [6.07, 6.45) is 6.93. The predicted molar refractivity (Wildman–Crippen MR) is 92.1 cm³/mol. The molecule has 0 radical (unpaired) electrons. The third-order valence-electron chi connectivity index (χ3n) is 3.34. The quantitative estimate of drug-likeness (QED) is 0.664. The fourth-order valence-corrected chi connectivity index (χ4v) is 3.73. The van der Waals surface area contributed by atoms with E-state index < -0.39 is 0 Å². The van der Waals surface area contributed by atoms with E-state index in [4.69, 9.17) is 0 Å². The molecule has 0 amide bonds. The van der Waals surface area contributed by atoms with Crippen LogP contribution in [0.25, 0.3) is 0 Å². The van der Waals surface area contributed by atoms with Gasteiger partial charge >= 0.3 is 0 Å². The van der Waals surface area contributed by atoms with Gasteiger partial charge in [-0.25, -0.2) is 0 Å². The van der Waals surface area contributed by atoms with Gasteiger partial charge in [0.2, 0.25) is 0 Å². The lowest BCUT2D eigenvalue weighted by Gasteiger charge is -2.34. The van der Waals surface area contributed by atoms with Crippen molar-refractivity contribution in [2.75, 3.05) is 0 Å². The third-order valence-corrected chi connectivity index (χ3v) is 4.77. The zero-order valence-corrected chi connectivity index (χ0v) is 14.7. The molecule has 19 heavy (non-hydrogen) atoms. The summed E-state index contributed by atoms with van der Waals surface area (Å²) in [6.45, 7) is 7.70. The largest absolute Gasteiger partial charge is 0.306 e. The van der Waals surface area contributed by atoms with Crippen molar-refractivity contribution in [1.82, 2.24) is 5.32 Å². The molecule has 1 aliphatic rings. The number of fused-ring (bicyclic) bond motifs is 1. The van der Waals surface area contributed by atoms with E-state index in [-0.39, 0.29) is 12.4 Å². The van der Waals surface area contributed by atoms with Gasteiger partial charge in [0.25, 0.3) is 0 Å². The molecular formula is C15H18Br2ClN. The molecule has 0 spiro atoms. The van der Waals surface area contributed by atoms with Gasteiger partial charge < -0.3 is 5.32 Å². The first-order valence-corrected chi connectivity index (χ1v) is 7.70. The van der Waals surface area contributed by atoms with Crippen molar-refractivity contribution < 1.29 is 0 Å². The second kappa shape index (κ2) is 7.63. The first-order chi connectivity index (χ1) is 8.67. The number of halogens is 3. The van der Waals surface area contributed by atoms with Gasteiger partial charge in [-0.15, -0.1) is 25.6 Å². The van der Waals surface area contributed by atoms with Crippen LogP contribution < -0.4 is 5.32 Å². The van der Waals surface area contributed by atoms with Crippen LogP contribution in [0.2, 0.25) is 0 Å². The molecule has 1 aromatic rings.